The molecule has 3 heterocycles. The second-order valence-electron chi connectivity index (χ2n) is 4.38. The standard InChI is InChI=1S/C13H9ClN4S/c14-9-3-1-8(2-4-9)10-5-19-13-11-12(16-6-15-11)17-7-18(10)13/h1-4,6-7,10H,5H2/t10-/m1/s1. The predicted octanol–water partition coefficient (Wildman–Crippen LogP) is 3.13. The topological polar surface area (TPSA) is 43.6 Å². The van der Waals surface area contributed by atoms with Gasteiger partial charge in [0.05, 0.1) is 12.4 Å². The highest BCUT2D eigenvalue weighted by molar-refractivity contribution is 7.99. The van der Waals surface area contributed by atoms with E-state index in [9.17, 15) is 0 Å². The molecule has 0 saturated carbocycles. The molecule has 4 rings (SSSR count). The van der Waals surface area contributed by atoms with Crippen LogP contribution in [-0.4, -0.2) is 25.3 Å². The van der Waals surface area contributed by atoms with Crippen LogP contribution in [0.25, 0.3) is 11.5 Å². The van der Waals surface area contributed by atoms with Gasteiger partial charge in [0, 0.05) is 10.8 Å². The average Bonchev–Trinajstić information content (AvgIpc) is 3.04. The van der Waals surface area contributed by atoms with Gasteiger partial charge in [0.1, 0.15) is 17.0 Å². The number of hydrogen-bond acceptors (Lipinski definition) is 4. The van der Waals surface area contributed by atoms with Crippen molar-refractivity contribution in [1.29, 1.82) is 0 Å². The fourth-order valence-corrected chi connectivity index (χ4v) is 3.74. The maximum Gasteiger partial charge on any atom is 0.183 e. The van der Waals surface area contributed by atoms with Crippen LogP contribution in [0.5, 0.6) is 0 Å². The summed E-state index contributed by atoms with van der Waals surface area (Å²) in [5, 5.41) is 1.90. The Bertz CT molecular complexity index is 709. The van der Waals surface area contributed by atoms with Gasteiger partial charge in [0.25, 0.3) is 0 Å². The van der Waals surface area contributed by atoms with Crippen molar-refractivity contribution in [1.82, 2.24) is 19.5 Å². The van der Waals surface area contributed by atoms with E-state index in [1.165, 1.54) is 5.56 Å². The van der Waals surface area contributed by atoms with Crippen molar-refractivity contribution in [2.24, 2.45) is 0 Å². The van der Waals surface area contributed by atoms with Crippen LogP contribution in [0.3, 0.4) is 0 Å². The molecule has 19 heavy (non-hydrogen) atoms. The largest absolute Gasteiger partial charge is 0.317 e. The summed E-state index contributed by atoms with van der Waals surface area (Å²) in [5.41, 5.74) is 2.13. The fraction of sp³-hybridized carbons (Fsp3) is 0.154. The van der Waals surface area contributed by atoms with Gasteiger partial charge in [-0.15, -0.1) is 11.8 Å². The minimum atomic E-state index is 0.283. The first-order valence-corrected chi connectivity index (χ1v) is 7.25. The van der Waals surface area contributed by atoms with Crippen LogP contribution in [0.15, 0.2) is 41.9 Å². The molecular formula is C13H9ClN4S. The van der Waals surface area contributed by atoms with Gasteiger partial charge in [-0.1, -0.05) is 23.7 Å². The lowest BCUT2D eigenvalue weighted by molar-refractivity contribution is 0.603. The predicted molar refractivity (Wildman–Crippen MR) is 74.8 cm³/mol. The van der Waals surface area contributed by atoms with Crippen molar-refractivity contribution in [3.05, 3.63) is 47.5 Å². The van der Waals surface area contributed by atoms with E-state index in [0.29, 0.717) is 0 Å². The van der Waals surface area contributed by atoms with E-state index >= 15 is 0 Å². The summed E-state index contributed by atoms with van der Waals surface area (Å²) >= 11 is 7.74. The third-order valence-corrected chi connectivity index (χ3v) is 4.70. The quantitative estimate of drug-likeness (QED) is 0.645. The smallest absolute Gasteiger partial charge is 0.183 e. The maximum atomic E-state index is 5.94. The second-order valence-corrected chi connectivity index (χ2v) is 5.83. The Morgan fingerprint density at radius 2 is 2.00 bits per heavy atom. The van der Waals surface area contributed by atoms with E-state index < -0.39 is 0 Å². The van der Waals surface area contributed by atoms with Crippen molar-refractivity contribution >= 4 is 23.4 Å². The summed E-state index contributed by atoms with van der Waals surface area (Å²) in [6.45, 7) is 0. The summed E-state index contributed by atoms with van der Waals surface area (Å²) in [5.74, 6) is 1.70. The van der Waals surface area contributed by atoms with Crippen LogP contribution in [0.1, 0.15) is 11.6 Å². The van der Waals surface area contributed by atoms with Crippen LogP contribution in [0.2, 0.25) is 5.02 Å². The SMILES string of the molecule is Clc1ccc([C@H]2CSc3c4ncnc-4ncn32)cc1. The molecule has 0 saturated heterocycles. The van der Waals surface area contributed by atoms with Crippen LogP contribution >= 0.6 is 23.4 Å². The van der Waals surface area contributed by atoms with Gasteiger partial charge in [-0.2, -0.15) is 0 Å². The van der Waals surface area contributed by atoms with Crippen LogP contribution in [0, 0.1) is 0 Å². The summed E-state index contributed by atoms with van der Waals surface area (Å²) in [7, 11) is 0. The second kappa shape index (κ2) is 4.21. The number of nitrogens with zero attached hydrogens (tertiary/aromatic N) is 4. The van der Waals surface area contributed by atoms with Crippen LogP contribution < -0.4 is 0 Å². The lowest BCUT2D eigenvalue weighted by Gasteiger charge is -2.15. The van der Waals surface area contributed by atoms with Crippen molar-refractivity contribution in [2.45, 2.75) is 11.1 Å². The summed E-state index contributed by atoms with van der Waals surface area (Å²) in [6, 6.07) is 8.27. The first-order chi connectivity index (χ1) is 9.33. The van der Waals surface area contributed by atoms with Gasteiger partial charge < -0.3 is 4.57 Å². The number of aromatic nitrogens is 4. The zero-order valence-corrected chi connectivity index (χ0v) is 11.4. The maximum absolute atomic E-state index is 5.94. The normalized spacial score (nSPS) is 17.8. The van der Waals surface area contributed by atoms with E-state index in [1.54, 1.807) is 18.1 Å². The summed E-state index contributed by atoms with van der Waals surface area (Å²) in [6.07, 6.45) is 3.42. The first-order valence-electron chi connectivity index (χ1n) is 5.89. The average molecular weight is 289 g/mol. The van der Waals surface area contributed by atoms with E-state index in [4.69, 9.17) is 11.6 Å². The lowest BCUT2D eigenvalue weighted by atomic mass is 10.1. The number of thioether (sulfide) groups is 1. The Morgan fingerprint density at radius 1 is 1.16 bits per heavy atom. The van der Waals surface area contributed by atoms with E-state index in [2.05, 4.69) is 31.7 Å². The Hall–Kier alpha value is -1.59. The Morgan fingerprint density at radius 3 is 2.84 bits per heavy atom. The van der Waals surface area contributed by atoms with Crippen LogP contribution in [0.4, 0.5) is 0 Å². The highest BCUT2D eigenvalue weighted by atomic mass is 35.5. The monoisotopic (exact) mass is 288 g/mol. The van der Waals surface area contributed by atoms with Gasteiger partial charge in [0.15, 0.2) is 5.82 Å². The van der Waals surface area contributed by atoms with Crippen molar-refractivity contribution in [3.8, 4) is 11.5 Å². The minimum absolute atomic E-state index is 0.283. The summed E-state index contributed by atoms with van der Waals surface area (Å²) in [4.78, 5) is 12.8. The molecule has 6 heteroatoms. The molecule has 0 N–H and O–H groups in total. The molecular weight excluding hydrogens is 280 g/mol. The third-order valence-electron chi connectivity index (χ3n) is 3.29. The number of halogens is 1. The van der Waals surface area contributed by atoms with E-state index in [0.717, 1.165) is 27.3 Å². The van der Waals surface area contributed by atoms with Gasteiger partial charge in [0.2, 0.25) is 0 Å². The molecule has 0 aromatic heterocycles. The van der Waals surface area contributed by atoms with Gasteiger partial charge >= 0.3 is 0 Å². The number of benzene rings is 1. The zero-order chi connectivity index (χ0) is 12.8. The van der Waals surface area contributed by atoms with E-state index in [-0.39, 0.29) is 6.04 Å². The molecule has 0 radical (unpaired) electrons. The van der Waals surface area contributed by atoms with E-state index in [1.807, 2.05) is 18.5 Å². The molecule has 1 aromatic carbocycles. The Balaban J connectivity index is 1.84. The zero-order valence-electron chi connectivity index (χ0n) is 9.82. The van der Waals surface area contributed by atoms with Crippen molar-refractivity contribution < 1.29 is 0 Å². The van der Waals surface area contributed by atoms with Gasteiger partial charge in [-0.25, -0.2) is 15.0 Å². The number of rotatable bonds is 1. The van der Waals surface area contributed by atoms with Gasteiger partial charge in [-0.3, -0.25) is 0 Å². The molecule has 1 aromatic rings. The van der Waals surface area contributed by atoms with Gasteiger partial charge in [-0.05, 0) is 17.7 Å². The molecule has 0 aliphatic carbocycles. The molecule has 0 unspecified atom stereocenters. The molecule has 0 amide bonds. The van der Waals surface area contributed by atoms with Crippen molar-refractivity contribution in [3.63, 3.8) is 0 Å². The highest BCUT2D eigenvalue weighted by Gasteiger charge is 2.28. The number of fused-ring (bicyclic) bond motifs is 3. The Labute approximate surface area is 119 Å². The number of hydrogen-bond donors (Lipinski definition) is 0. The van der Waals surface area contributed by atoms with Crippen LogP contribution in [-0.2, 0) is 0 Å². The first kappa shape index (κ1) is 11.3. The molecule has 4 nitrogen and oxygen atoms in total. The summed E-state index contributed by atoms with van der Waals surface area (Å²) < 4.78 is 2.17. The molecule has 1 atom stereocenters. The molecule has 0 spiro atoms. The highest BCUT2D eigenvalue weighted by Crippen LogP contribution is 2.41. The minimum Gasteiger partial charge on any atom is -0.317 e. The Kier molecular flexibility index (Phi) is 2.50. The molecule has 0 bridgehead atoms. The molecule has 3 aliphatic rings. The fourth-order valence-electron chi connectivity index (χ4n) is 2.34. The molecule has 94 valence electrons. The molecule has 0 fully saturated rings. The number of imidazole rings is 1. The van der Waals surface area contributed by atoms with Crippen molar-refractivity contribution in [2.75, 3.05) is 5.75 Å². The molecule has 3 aliphatic heterocycles. The third kappa shape index (κ3) is 1.73. The lowest BCUT2D eigenvalue weighted by Crippen LogP contribution is -2.10.